The average molecular weight is 230 g/mol. The molecule has 0 aliphatic rings. The molecule has 2 rings (SSSR count). The van der Waals surface area contributed by atoms with E-state index < -0.39 is 0 Å². The van der Waals surface area contributed by atoms with Gasteiger partial charge in [-0.2, -0.15) is 5.10 Å². The van der Waals surface area contributed by atoms with Crippen LogP contribution in [-0.2, 0) is 6.54 Å². The van der Waals surface area contributed by atoms with Crippen LogP contribution in [0, 0.1) is 0 Å². The molecule has 0 radical (unpaired) electrons. The molecule has 2 heterocycles. The van der Waals surface area contributed by atoms with Crippen LogP contribution in [0.3, 0.4) is 0 Å². The first-order valence-electron chi connectivity index (χ1n) is 5.49. The molecule has 5 heteroatoms. The van der Waals surface area contributed by atoms with Crippen LogP contribution in [0.2, 0.25) is 0 Å². The van der Waals surface area contributed by atoms with Gasteiger partial charge in [-0.3, -0.25) is 9.78 Å². The number of hydrogen-bond acceptors (Lipinski definition) is 4. The Bertz CT molecular complexity index is 536. The fourth-order valence-corrected chi connectivity index (χ4v) is 1.52. The van der Waals surface area contributed by atoms with Gasteiger partial charge in [0.15, 0.2) is 0 Å². The van der Waals surface area contributed by atoms with Gasteiger partial charge in [0.2, 0.25) is 0 Å². The van der Waals surface area contributed by atoms with Crippen molar-refractivity contribution in [1.82, 2.24) is 14.8 Å². The molecule has 0 atom stereocenters. The lowest BCUT2D eigenvalue weighted by molar-refractivity contribution is 0.638. The van der Waals surface area contributed by atoms with Crippen molar-refractivity contribution < 1.29 is 0 Å². The Kier molecular flexibility index (Phi) is 3.49. The summed E-state index contributed by atoms with van der Waals surface area (Å²) < 4.78 is 1.41. The normalized spacial score (nSPS) is 10.2. The van der Waals surface area contributed by atoms with Crippen LogP contribution in [0.4, 0.5) is 5.69 Å². The summed E-state index contributed by atoms with van der Waals surface area (Å²) in [6, 6.07) is 5.31. The Morgan fingerprint density at radius 2 is 2.29 bits per heavy atom. The van der Waals surface area contributed by atoms with Crippen LogP contribution in [0.1, 0.15) is 12.5 Å². The lowest BCUT2D eigenvalue weighted by atomic mass is 10.3. The lowest BCUT2D eigenvalue weighted by Gasteiger charge is -2.06. The zero-order chi connectivity index (χ0) is 12.1. The first-order valence-corrected chi connectivity index (χ1v) is 5.49. The molecule has 1 N–H and O–H groups in total. The molecule has 0 aliphatic carbocycles. The van der Waals surface area contributed by atoms with Gasteiger partial charge >= 0.3 is 0 Å². The van der Waals surface area contributed by atoms with E-state index in [9.17, 15) is 4.79 Å². The Morgan fingerprint density at radius 1 is 1.41 bits per heavy atom. The number of aromatic nitrogens is 3. The van der Waals surface area contributed by atoms with Crippen molar-refractivity contribution in [2.24, 2.45) is 0 Å². The SMILES string of the molecule is CCNc1cnn(Cc2cccnc2)c(=O)c1. The van der Waals surface area contributed by atoms with E-state index in [-0.39, 0.29) is 5.56 Å². The molecule has 0 bridgehead atoms. The Balaban J connectivity index is 2.20. The zero-order valence-corrected chi connectivity index (χ0v) is 9.63. The molecule has 17 heavy (non-hydrogen) atoms. The summed E-state index contributed by atoms with van der Waals surface area (Å²) >= 11 is 0. The fraction of sp³-hybridized carbons (Fsp3) is 0.250. The maximum Gasteiger partial charge on any atom is 0.269 e. The molecule has 0 saturated carbocycles. The van der Waals surface area contributed by atoms with E-state index in [1.54, 1.807) is 24.7 Å². The summed E-state index contributed by atoms with van der Waals surface area (Å²) in [7, 11) is 0. The monoisotopic (exact) mass is 230 g/mol. The third kappa shape index (κ3) is 2.90. The zero-order valence-electron chi connectivity index (χ0n) is 9.63. The molecular weight excluding hydrogens is 216 g/mol. The molecule has 0 spiro atoms. The standard InChI is InChI=1S/C12H14N4O/c1-2-14-11-6-12(17)16(15-8-11)9-10-4-3-5-13-7-10/h3-8,14H,2,9H2,1H3. The minimum absolute atomic E-state index is 0.118. The molecule has 0 aliphatic heterocycles. The number of hydrogen-bond donors (Lipinski definition) is 1. The summed E-state index contributed by atoms with van der Waals surface area (Å²) in [6.07, 6.45) is 5.08. The molecule has 2 aromatic heterocycles. The van der Waals surface area contributed by atoms with Crippen LogP contribution in [-0.4, -0.2) is 21.3 Å². The van der Waals surface area contributed by atoms with Crippen LogP contribution >= 0.6 is 0 Å². The molecule has 5 nitrogen and oxygen atoms in total. The summed E-state index contributed by atoms with van der Waals surface area (Å²) in [5.74, 6) is 0. The second-order valence-electron chi connectivity index (χ2n) is 3.63. The summed E-state index contributed by atoms with van der Waals surface area (Å²) in [5, 5.41) is 7.16. The van der Waals surface area contributed by atoms with Crippen LogP contribution < -0.4 is 10.9 Å². The number of rotatable bonds is 4. The van der Waals surface area contributed by atoms with Gasteiger partial charge in [0.05, 0.1) is 18.4 Å². The van der Waals surface area contributed by atoms with Gasteiger partial charge < -0.3 is 5.32 Å². The molecular formula is C12H14N4O. The quantitative estimate of drug-likeness (QED) is 0.855. The maximum atomic E-state index is 11.8. The van der Waals surface area contributed by atoms with Crippen molar-refractivity contribution in [3.63, 3.8) is 0 Å². The highest BCUT2D eigenvalue weighted by Crippen LogP contribution is 2.01. The van der Waals surface area contributed by atoms with Crippen molar-refractivity contribution in [2.45, 2.75) is 13.5 Å². The highest BCUT2D eigenvalue weighted by Gasteiger charge is 2.00. The summed E-state index contributed by atoms with van der Waals surface area (Å²) in [4.78, 5) is 15.8. The summed E-state index contributed by atoms with van der Waals surface area (Å²) in [6.45, 7) is 3.19. The molecule has 88 valence electrons. The summed E-state index contributed by atoms with van der Waals surface area (Å²) in [5.41, 5.74) is 1.59. The maximum absolute atomic E-state index is 11.8. The number of pyridine rings is 1. The minimum Gasteiger partial charge on any atom is -0.384 e. The highest BCUT2D eigenvalue weighted by molar-refractivity contribution is 5.38. The topological polar surface area (TPSA) is 59.8 Å². The predicted molar refractivity (Wildman–Crippen MR) is 66.0 cm³/mol. The van der Waals surface area contributed by atoms with Crippen LogP contribution in [0.5, 0.6) is 0 Å². The first-order chi connectivity index (χ1) is 8.29. The lowest BCUT2D eigenvalue weighted by Crippen LogP contribution is -2.23. The van der Waals surface area contributed by atoms with E-state index >= 15 is 0 Å². The van der Waals surface area contributed by atoms with E-state index in [2.05, 4.69) is 15.4 Å². The Morgan fingerprint density at radius 3 is 2.94 bits per heavy atom. The molecule has 0 amide bonds. The number of nitrogens with zero attached hydrogens (tertiary/aromatic N) is 3. The number of nitrogens with one attached hydrogen (secondary N) is 1. The molecule has 0 unspecified atom stereocenters. The smallest absolute Gasteiger partial charge is 0.269 e. The number of anilines is 1. The van der Waals surface area contributed by atoms with E-state index in [0.29, 0.717) is 6.54 Å². The van der Waals surface area contributed by atoms with E-state index in [4.69, 9.17) is 0 Å². The fourth-order valence-electron chi connectivity index (χ4n) is 1.52. The second-order valence-corrected chi connectivity index (χ2v) is 3.63. The third-order valence-electron chi connectivity index (χ3n) is 2.31. The Labute approximate surface area is 99.1 Å². The van der Waals surface area contributed by atoms with Gasteiger partial charge in [-0.15, -0.1) is 0 Å². The largest absolute Gasteiger partial charge is 0.384 e. The van der Waals surface area contributed by atoms with Gasteiger partial charge in [-0.1, -0.05) is 6.07 Å². The van der Waals surface area contributed by atoms with Gasteiger partial charge in [-0.25, -0.2) is 4.68 Å². The van der Waals surface area contributed by atoms with Crippen molar-refractivity contribution in [3.8, 4) is 0 Å². The van der Waals surface area contributed by atoms with Gasteiger partial charge in [0, 0.05) is 25.0 Å². The minimum atomic E-state index is -0.118. The van der Waals surface area contributed by atoms with Gasteiger partial charge in [0.25, 0.3) is 5.56 Å². The van der Waals surface area contributed by atoms with Crippen molar-refractivity contribution in [2.75, 3.05) is 11.9 Å². The van der Waals surface area contributed by atoms with Crippen molar-refractivity contribution in [1.29, 1.82) is 0 Å². The van der Waals surface area contributed by atoms with Crippen molar-refractivity contribution in [3.05, 3.63) is 52.7 Å². The van der Waals surface area contributed by atoms with Crippen molar-refractivity contribution >= 4 is 5.69 Å². The molecule has 2 aromatic rings. The van der Waals surface area contributed by atoms with Crippen LogP contribution in [0.25, 0.3) is 0 Å². The average Bonchev–Trinajstić information content (AvgIpc) is 2.34. The Hall–Kier alpha value is -2.17. The third-order valence-corrected chi connectivity index (χ3v) is 2.31. The highest BCUT2D eigenvalue weighted by atomic mass is 16.1. The van der Waals surface area contributed by atoms with E-state index in [0.717, 1.165) is 17.8 Å². The predicted octanol–water partition coefficient (Wildman–Crippen LogP) is 1.12. The second kappa shape index (κ2) is 5.25. The first kappa shape index (κ1) is 11.3. The van der Waals surface area contributed by atoms with Gasteiger partial charge in [0.1, 0.15) is 0 Å². The van der Waals surface area contributed by atoms with Crippen LogP contribution in [0.15, 0.2) is 41.6 Å². The van der Waals surface area contributed by atoms with E-state index in [1.807, 2.05) is 19.1 Å². The van der Waals surface area contributed by atoms with E-state index in [1.165, 1.54) is 4.68 Å². The molecule has 0 fully saturated rings. The van der Waals surface area contributed by atoms with Gasteiger partial charge in [-0.05, 0) is 18.6 Å². The molecule has 0 saturated heterocycles. The molecule has 0 aromatic carbocycles.